The summed E-state index contributed by atoms with van der Waals surface area (Å²) in [4.78, 5) is 32.2. The van der Waals surface area contributed by atoms with Gasteiger partial charge >= 0.3 is 0 Å². The lowest BCUT2D eigenvalue weighted by molar-refractivity contribution is -0.119. The molecule has 2 aromatic rings. The Labute approximate surface area is 172 Å². The number of aromatic nitrogens is 1. The number of thiazole rings is 1. The summed E-state index contributed by atoms with van der Waals surface area (Å²) in [5.41, 5.74) is 0.404. The van der Waals surface area contributed by atoms with Gasteiger partial charge in [-0.15, -0.1) is 11.3 Å². The van der Waals surface area contributed by atoms with Gasteiger partial charge in [-0.1, -0.05) is 44.0 Å². The van der Waals surface area contributed by atoms with Crippen molar-refractivity contribution >= 4 is 52.0 Å². The predicted octanol–water partition coefficient (Wildman–Crippen LogP) is 4.99. The van der Waals surface area contributed by atoms with E-state index in [-0.39, 0.29) is 17.2 Å². The molecule has 0 radical (unpaired) electrons. The van der Waals surface area contributed by atoms with Gasteiger partial charge in [0.15, 0.2) is 0 Å². The number of hydrogen-bond donors (Lipinski definition) is 1. The highest BCUT2D eigenvalue weighted by atomic mass is 35.5. The Morgan fingerprint density at radius 1 is 1.22 bits per heavy atom. The second-order valence-electron chi connectivity index (χ2n) is 7.58. The van der Waals surface area contributed by atoms with Crippen LogP contribution in [0, 0.1) is 0 Å². The number of carbonyl (C=O) groups excluding carboxylic acids is 2. The molecule has 144 valence electrons. The summed E-state index contributed by atoms with van der Waals surface area (Å²) in [7, 11) is 0. The number of anilines is 1. The molecule has 3 rings (SSSR count). The predicted molar refractivity (Wildman–Crippen MR) is 110 cm³/mol. The molecule has 27 heavy (non-hydrogen) atoms. The zero-order valence-corrected chi connectivity index (χ0v) is 17.7. The van der Waals surface area contributed by atoms with Crippen molar-refractivity contribution in [1.29, 1.82) is 0 Å². The molecule has 0 bridgehead atoms. The molecule has 2 amide bonds. The molecular weight excluding hydrogens is 405 g/mol. The van der Waals surface area contributed by atoms with Crippen LogP contribution < -0.4 is 5.32 Å². The molecule has 1 aromatic carbocycles. The molecular formula is C19H21Cl2N3O2S. The van der Waals surface area contributed by atoms with Crippen LogP contribution >= 0.6 is 34.5 Å². The van der Waals surface area contributed by atoms with E-state index in [0.717, 1.165) is 11.4 Å². The van der Waals surface area contributed by atoms with E-state index >= 15 is 0 Å². The number of hydrogen-bond acceptors (Lipinski definition) is 4. The van der Waals surface area contributed by atoms with Crippen molar-refractivity contribution in [3.8, 4) is 0 Å². The van der Waals surface area contributed by atoms with Crippen LogP contribution in [0.4, 0.5) is 5.69 Å². The number of halogens is 2. The van der Waals surface area contributed by atoms with Gasteiger partial charge in [0.2, 0.25) is 5.91 Å². The number of benzene rings is 1. The molecule has 0 aliphatic carbocycles. The number of carbonyl (C=O) groups is 2. The standard InChI is InChI=1S/C19H21Cl2N3O2S/c1-19(2,3)18-22-10-15(27-18)17(26)24-6-4-5-14(24)16(25)23-13-8-11(20)7-12(21)9-13/h7-10,14H,4-6H2,1-3H3,(H,23,25)/t14-/m1/s1. The van der Waals surface area contributed by atoms with Gasteiger partial charge in [0, 0.05) is 27.7 Å². The van der Waals surface area contributed by atoms with E-state index in [1.54, 1.807) is 29.3 Å². The average molecular weight is 426 g/mol. The fraction of sp³-hybridized carbons (Fsp3) is 0.421. The smallest absolute Gasteiger partial charge is 0.266 e. The van der Waals surface area contributed by atoms with Gasteiger partial charge in [-0.25, -0.2) is 4.98 Å². The summed E-state index contributed by atoms with van der Waals surface area (Å²) >= 11 is 13.4. The van der Waals surface area contributed by atoms with Gasteiger partial charge in [0.25, 0.3) is 5.91 Å². The normalized spacial score (nSPS) is 17.2. The Morgan fingerprint density at radius 3 is 2.48 bits per heavy atom. The van der Waals surface area contributed by atoms with E-state index in [4.69, 9.17) is 23.2 Å². The fourth-order valence-corrected chi connectivity index (χ4v) is 4.45. The Bertz CT molecular complexity index is 856. The van der Waals surface area contributed by atoms with E-state index < -0.39 is 6.04 Å². The van der Waals surface area contributed by atoms with Crippen LogP contribution in [0.25, 0.3) is 0 Å². The number of rotatable bonds is 3. The topological polar surface area (TPSA) is 62.3 Å². The van der Waals surface area contributed by atoms with Gasteiger partial charge in [-0.05, 0) is 31.0 Å². The van der Waals surface area contributed by atoms with Crippen LogP contribution in [0.5, 0.6) is 0 Å². The van der Waals surface area contributed by atoms with Crippen molar-refractivity contribution in [3.05, 3.63) is 44.3 Å². The zero-order chi connectivity index (χ0) is 19.8. The van der Waals surface area contributed by atoms with Gasteiger partial charge in [-0.3, -0.25) is 9.59 Å². The molecule has 0 unspecified atom stereocenters. The molecule has 1 aliphatic rings. The van der Waals surface area contributed by atoms with Crippen LogP contribution in [-0.2, 0) is 10.2 Å². The first-order valence-electron chi connectivity index (χ1n) is 8.69. The molecule has 0 saturated carbocycles. The number of likely N-dealkylation sites (tertiary alicyclic amines) is 1. The molecule has 1 aromatic heterocycles. The molecule has 1 aliphatic heterocycles. The van der Waals surface area contributed by atoms with Gasteiger partial charge in [0.1, 0.15) is 10.9 Å². The van der Waals surface area contributed by atoms with Crippen molar-refractivity contribution in [2.24, 2.45) is 0 Å². The third-order valence-electron chi connectivity index (χ3n) is 4.30. The third-order valence-corrected chi connectivity index (χ3v) is 6.15. The Hall–Kier alpha value is -1.63. The van der Waals surface area contributed by atoms with E-state index in [1.807, 2.05) is 0 Å². The molecule has 1 N–H and O–H groups in total. The van der Waals surface area contributed by atoms with E-state index in [9.17, 15) is 9.59 Å². The Morgan fingerprint density at radius 2 is 1.89 bits per heavy atom. The Kier molecular flexibility index (Phi) is 5.79. The molecule has 1 atom stereocenters. The maximum Gasteiger partial charge on any atom is 0.266 e. The van der Waals surface area contributed by atoms with E-state index in [1.165, 1.54) is 11.3 Å². The molecule has 0 spiro atoms. The monoisotopic (exact) mass is 425 g/mol. The second-order valence-corrected chi connectivity index (χ2v) is 9.49. The van der Waals surface area contributed by atoms with Gasteiger partial charge in [-0.2, -0.15) is 0 Å². The van der Waals surface area contributed by atoms with Crippen LogP contribution in [0.2, 0.25) is 10.0 Å². The lowest BCUT2D eigenvalue weighted by atomic mass is 9.98. The third kappa shape index (κ3) is 4.62. The summed E-state index contributed by atoms with van der Waals surface area (Å²) in [6.45, 7) is 6.73. The highest BCUT2D eigenvalue weighted by Crippen LogP contribution is 2.30. The average Bonchev–Trinajstić information content (AvgIpc) is 3.22. The molecule has 1 saturated heterocycles. The maximum absolute atomic E-state index is 12.9. The second kappa shape index (κ2) is 7.78. The minimum Gasteiger partial charge on any atom is -0.326 e. The molecule has 1 fully saturated rings. The summed E-state index contributed by atoms with van der Waals surface area (Å²) < 4.78 is 0. The van der Waals surface area contributed by atoms with Crippen molar-refractivity contribution in [2.45, 2.75) is 45.1 Å². The molecule has 5 nitrogen and oxygen atoms in total. The van der Waals surface area contributed by atoms with Crippen LogP contribution in [-0.4, -0.2) is 34.3 Å². The highest BCUT2D eigenvalue weighted by molar-refractivity contribution is 7.13. The number of nitrogens with zero attached hydrogens (tertiary/aromatic N) is 2. The fourth-order valence-electron chi connectivity index (χ4n) is 3.00. The highest BCUT2D eigenvalue weighted by Gasteiger charge is 2.35. The largest absolute Gasteiger partial charge is 0.326 e. The quantitative estimate of drug-likeness (QED) is 0.752. The summed E-state index contributed by atoms with van der Waals surface area (Å²) in [5, 5.41) is 4.60. The minimum absolute atomic E-state index is 0.114. The van der Waals surface area contributed by atoms with Gasteiger partial charge in [0.05, 0.1) is 11.2 Å². The first-order valence-corrected chi connectivity index (χ1v) is 10.3. The SMILES string of the molecule is CC(C)(C)c1ncc(C(=O)N2CCC[C@@H]2C(=O)Nc2cc(Cl)cc(Cl)c2)s1. The van der Waals surface area contributed by atoms with Crippen LogP contribution in [0.15, 0.2) is 24.4 Å². The lowest BCUT2D eigenvalue weighted by Gasteiger charge is -2.23. The maximum atomic E-state index is 12.9. The first-order chi connectivity index (χ1) is 12.6. The van der Waals surface area contributed by atoms with E-state index in [0.29, 0.717) is 33.6 Å². The minimum atomic E-state index is -0.518. The number of nitrogens with one attached hydrogen (secondary N) is 1. The molecule has 2 heterocycles. The summed E-state index contributed by atoms with van der Waals surface area (Å²) in [6.07, 6.45) is 3.01. The zero-order valence-electron chi connectivity index (χ0n) is 15.4. The van der Waals surface area contributed by atoms with Crippen LogP contribution in [0.1, 0.15) is 48.3 Å². The Balaban J connectivity index is 1.75. The van der Waals surface area contributed by atoms with Crippen molar-refractivity contribution in [1.82, 2.24) is 9.88 Å². The first kappa shape index (κ1) is 20.1. The van der Waals surface area contributed by atoms with Crippen molar-refractivity contribution in [3.63, 3.8) is 0 Å². The lowest BCUT2D eigenvalue weighted by Crippen LogP contribution is -2.43. The van der Waals surface area contributed by atoms with Crippen LogP contribution in [0.3, 0.4) is 0 Å². The van der Waals surface area contributed by atoms with Gasteiger partial charge < -0.3 is 10.2 Å². The summed E-state index contributed by atoms with van der Waals surface area (Å²) in [6, 6.07) is 4.34. The van der Waals surface area contributed by atoms with Crippen molar-refractivity contribution < 1.29 is 9.59 Å². The van der Waals surface area contributed by atoms with Crippen molar-refractivity contribution in [2.75, 3.05) is 11.9 Å². The van der Waals surface area contributed by atoms with E-state index in [2.05, 4.69) is 31.1 Å². The summed E-state index contributed by atoms with van der Waals surface area (Å²) in [5.74, 6) is -0.385. The molecule has 8 heteroatoms. The number of amides is 2.